The average Bonchev–Trinajstić information content (AvgIpc) is 2.75. The van der Waals surface area contributed by atoms with Crippen molar-refractivity contribution in [3.63, 3.8) is 0 Å². The van der Waals surface area contributed by atoms with E-state index in [0.717, 1.165) is 24.4 Å². The van der Waals surface area contributed by atoms with E-state index in [1.807, 2.05) is 0 Å². The third-order valence-electron chi connectivity index (χ3n) is 4.00. The van der Waals surface area contributed by atoms with E-state index in [4.69, 9.17) is 0 Å². The number of aromatic nitrogens is 2. The highest BCUT2D eigenvalue weighted by Crippen LogP contribution is 2.35. The lowest BCUT2D eigenvalue weighted by Gasteiger charge is -2.14. The number of alkyl halides is 3. The lowest BCUT2D eigenvalue weighted by molar-refractivity contribution is -0.137. The number of benzene rings is 2. The molecule has 0 radical (unpaired) electrons. The summed E-state index contributed by atoms with van der Waals surface area (Å²) in [6.07, 6.45) is -2.18. The maximum absolute atomic E-state index is 13.6. The minimum Gasteiger partial charge on any atom is -0.339 e. The van der Waals surface area contributed by atoms with E-state index in [9.17, 15) is 26.7 Å². The van der Waals surface area contributed by atoms with Crippen molar-refractivity contribution in [2.75, 3.05) is 16.1 Å². The zero-order valence-corrected chi connectivity index (χ0v) is 16.6. The van der Waals surface area contributed by atoms with Gasteiger partial charge in [-0.25, -0.2) is 19.2 Å². The van der Waals surface area contributed by atoms with Crippen LogP contribution in [0.25, 0.3) is 0 Å². The molecule has 0 saturated carbocycles. The normalized spacial score (nSPS) is 11.3. The molecule has 3 aromatic rings. The van der Waals surface area contributed by atoms with Gasteiger partial charge in [0.2, 0.25) is 11.9 Å². The minimum atomic E-state index is -4.77. The number of hydrazone groups is 1. The van der Waals surface area contributed by atoms with E-state index in [0.29, 0.717) is 18.0 Å². The Kier molecular flexibility index (Phi) is 6.96. The fourth-order valence-corrected chi connectivity index (χ4v) is 2.51. The highest BCUT2D eigenvalue weighted by atomic mass is 19.4. The van der Waals surface area contributed by atoms with Gasteiger partial charge in [0.15, 0.2) is 0 Å². The summed E-state index contributed by atoms with van der Waals surface area (Å²) in [5.74, 6) is -3.05. The quantitative estimate of drug-likeness (QED) is 0.197. The first-order chi connectivity index (χ1) is 15.7. The molecule has 170 valence electrons. The number of nitrogens with zero attached hydrogens (tertiary/aromatic N) is 3. The van der Waals surface area contributed by atoms with Gasteiger partial charge in [0.1, 0.15) is 23.0 Å². The van der Waals surface area contributed by atoms with Gasteiger partial charge >= 0.3 is 6.18 Å². The molecule has 1 amide bonds. The predicted molar refractivity (Wildman–Crippen MR) is 113 cm³/mol. The van der Waals surface area contributed by atoms with Crippen LogP contribution in [-0.2, 0) is 11.0 Å². The lowest BCUT2D eigenvalue weighted by Crippen LogP contribution is -2.13. The number of carbonyl (C=O) groups is 1. The average molecular weight is 462 g/mol. The summed E-state index contributed by atoms with van der Waals surface area (Å²) in [5.41, 5.74) is 1.60. The number of nitrogens with one attached hydrogen (secondary N) is 3. The number of hydrogen-bond donors (Lipinski definition) is 3. The van der Waals surface area contributed by atoms with Crippen LogP contribution < -0.4 is 16.1 Å². The Bertz CT molecular complexity index is 1210. The number of rotatable bonds is 7. The number of amides is 1. The standard InChI is InChI=1S/C21H15F5N6O/c1-2-18(33)29-14-4-3-5-15(9-14)30-19-16(21(24,25)26)11-27-20(31-19)32-28-10-12-6-7-13(22)8-17(12)23/h2-11H,1H2,(H,29,33)(H2,27,30,31,32)/b28-10+. The van der Waals surface area contributed by atoms with Gasteiger partial charge in [-0.15, -0.1) is 0 Å². The Morgan fingerprint density at radius 3 is 2.55 bits per heavy atom. The van der Waals surface area contributed by atoms with Crippen LogP contribution in [0, 0.1) is 11.6 Å². The van der Waals surface area contributed by atoms with E-state index >= 15 is 0 Å². The van der Waals surface area contributed by atoms with E-state index in [1.165, 1.54) is 24.3 Å². The smallest absolute Gasteiger partial charge is 0.339 e. The Hall–Kier alpha value is -4.35. The summed E-state index contributed by atoms with van der Waals surface area (Å²) >= 11 is 0. The zero-order valence-electron chi connectivity index (χ0n) is 16.6. The molecule has 1 aromatic heterocycles. The van der Waals surface area contributed by atoms with Crippen LogP contribution in [0.3, 0.4) is 0 Å². The van der Waals surface area contributed by atoms with Gasteiger partial charge in [-0.1, -0.05) is 12.6 Å². The number of anilines is 4. The van der Waals surface area contributed by atoms with Crippen molar-refractivity contribution in [2.24, 2.45) is 5.10 Å². The molecule has 12 heteroatoms. The fraction of sp³-hybridized carbons (Fsp3) is 0.0476. The first kappa shape index (κ1) is 23.3. The van der Waals surface area contributed by atoms with Gasteiger partial charge in [-0.3, -0.25) is 4.79 Å². The molecule has 1 heterocycles. The second kappa shape index (κ2) is 9.85. The summed E-state index contributed by atoms with van der Waals surface area (Å²) in [7, 11) is 0. The van der Waals surface area contributed by atoms with Gasteiger partial charge in [0.25, 0.3) is 0 Å². The van der Waals surface area contributed by atoms with Crippen molar-refractivity contribution >= 4 is 35.3 Å². The zero-order chi connectivity index (χ0) is 24.0. The largest absolute Gasteiger partial charge is 0.421 e. The monoisotopic (exact) mass is 462 g/mol. The van der Waals surface area contributed by atoms with Gasteiger partial charge in [0, 0.05) is 29.2 Å². The molecule has 3 N–H and O–H groups in total. The Balaban J connectivity index is 1.85. The number of carbonyl (C=O) groups excluding carboxylic acids is 1. The molecule has 0 unspecified atom stereocenters. The molecule has 7 nitrogen and oxygen atoms in total. The van der Waals surface area contributed by atoms with Crippen molar-refractivity contribution in [3.05, 3.63) is 84.1 Å². The van der Waals surface area contributed by atoms with Crippen LogP contribution in [0.15, 0.2) is 66.4 Å². The third kappa shape index (κ3) is 6.32. The van der Waals surface area contributed by atoms with Crippen LogP contribution in [0.4, 0.5) is 45.1 Å². The highest BCUT2D eigenvalue weighted by molar-refractivity contribution is 5.99. The maximum atomic E-state index is 13.6. The van der Waals surface area contributed by atoms with Crippen molar-refractivity contribution in [2.45, 2.75) is 6.18 Å². The summed E-state index contributed by atoms with van der Waals surface area (Å²) in [5, 5.41) is 8.69. The molecular formula is C21H15F5N6O. The lowest BCUT2D eigenvalue weighted by atomic mass is 10.2. The Morgan fingerprint density at radius 1 is 1.09 bits per heavy atom. The van der Waals surface area contributed by atoms with E-state index in [-0.39, 0.29) is 17.2 Å². The third-order valence-corrected chi connectivity index (χ3v) is 4.00. The highest BCUT2D eigenvalue weighted by Gasteiger charge is 2.35. The number of halogens is 5. The first-order valence-electron chi connectivity index (χ1n) is 9.14. The fourth-order valence-electron chi connectivity index (χ4n) is 2.51. The second-order valence-corrected chi connectivity index (χ2v) is 6.39. The van der Waals surface area contributed by atoms with Crippen molar-refractivity contribution < 1.29 is 26.7 Å². The maximum Gasteiger partial charge on any atom is 0.421 e. The van der Waals surface area contributed by atoms with Gasteiger partial charge in [0.05, 0.1) is 6.21 Å². The summed E-state index contributed by atoms with van der Waals surface area (Å²) in [6, 6.07) is 8.72. The molecule has 0 atom stereocenters. The molecule has 33 heavy (non-hydrogen) atoms. The molecule has 0 aliphatic heterocycles. The number of hydrogen-bond acceptors (Lipinski definition) is 6. The molecule has 2 aromatic carbocycles. The van der Waals surface area contributed by atoms with Crippen molar-refractivity contribution in [3.8, 4) is 0 Å². The van der Waals surface area contributed by atoms with Gasteiger partial charge in [-0.2, -0.15) is 23.3 Å². The van der Waals surface area contributed by atoms with Crippen LogP contribution in [0.1, 0.15) is 11.1 Å². The Labute approximate surface area is 184 Å². The van der Waals surface area contributed by atoms with Crippen LogP contribution in [0.2, 0.25) is 0 Å². The molecule has 0 fully saturated rings. The summed E-state index contributed by atoms with van der Waals surface area (Å²) in [4.78, 5) is 18.8. The van der Waals surface area contributed by atoms with Gasteiger partial charge in [-0.05, 0) is 36.4 Å². The van der Waals surface area contributed by atoms with Gasteiger partial charge < -0.3 is 10.6 Å². The van der Waals surface area contributed by atoms with Crippen LogP contribution in [0.5, 0.6) is 0 Å². The molecular weight excluding hydrogens is 447 g/mol. The van der Waals surface area contributed by atoms with E-state index in [1.54, 1.807) is 0 Å². The summed E-state index contributed by atoms with van der Waals surface area (Å²) in [6.45, 7) is 3.32. The van der Waals surface area contributed by atoms with E-state index in [2.05, 4.69) is 37.7 Å². The Morgan fingerprint density at radius 2 is 1.85 bits per heavy atom. The van der Waals surface area contributed by atoms with Crippen LogP contribution in [-0.4, -0.2) is 22.1 Å². The first-order valence-corrected chi connectivity index (χ1v) is 9.14. The second-order valence-electron chi connectivity index (χ2n) is 6.39. The molecule has 0 saturated heterocycles. The summed E-state index contributed by atoms with van der Waals surface area (Å²) < 4.78 is 66.9. The molecule has 0 bridgehead atoms. The minimum absolute atomic E-state index is 0.0625. The SMILES string of the molecule is C=CC(=O)Nc1cccc(Nc2nc(N/N=C/c3ccc(F)cc3F)ncc2C(F)(F)F)c1. The predicted octanol–water partition coefficient (Wildman–Crippen LogP) is 5.09. The molecule has 0 spiro atoms. The topological polar surface area (TPSA) is 91.3 Å². The van der Waals surface area contributed by atoms with E-state index < -0.39 is 35.1 Å². The van der Waals surface area contributed by atoms with Crippen molar-refractivity contribution in [1.82, 2.24) is 9.97 Å². The molecule has 0 aliphatic carbocycles. The molecule has 3 rings (SSSR count). The van der Waals surface area contributed by atoms with Crippen molar-refractivity contribution in [1.29, 1.82) is 0 Å². The molecule has 0 aliphatic rings. The van der Waals surface area contributed by atoms with Crippen LogP contribution >= 0.6 is 0 Å².